The molecule has 1 aromatic heterocycles. The van der Waals surface area contributed by atoms with E-state index in [0.29, 0.717) is 5.15 Å². The predicted octanol–water partition coefficient (Wildman–Crippen LogP) is 3.81. The summed E-state index contributed by atoms with van der Waals surface area (Å²) >= 11 is 7.48. The van der Waals surface area contributed by atoms with Gasteiger partial charge in [-0.3, -0.25) is 0 Å². The third-order valence-electron chi connectivity index (χ3n) is 3.05. The van der Waals surface area contributed by atoms with Crippen LogP contribution in [-0.4, -0.2) is 18.1 Å². The van der Waals surface area contributed by atoms with Crippen molar-refractivity contribution in [2.45, 2.75) is 32.6 Å². The zero-order valence-electron chi connectivity index (χ0n) is 9.08. The minimum Gasteiger partial charge on any atom is -0.348 e. The van der Waals surface area contributed by atoms with Crippen LogP contribution in [0.25, 0.3) is 0 Å². The Kier molecular flexibility index (Phi) is 3.87. The summed E-state index contributed by atoms with van der Waals surface area (Å²) in [5.41, 5.74) is 0. The molecule has 4 heteroatoms. The lowest BCUT2D eigenvalue weighted by Crippen LogP contribution is -2.33. The van der Waals surface area contributed by atoms with E-state index in [1.165, 1.54) is 25.7 Å². The van der Waals surface area contributed by atoms with Gasteiger partial charge >= 0.3 is 0 Å². The summed E-state index contributed by atoms with van der Waals surface area (Å²) in [5.74, 6) is 0.932. The monoisotopic (exact) mass is 244 g/mol. The van der Waals surface area contributed by atoms with Crippen molar-refractivity contribution in [3.8, 4) is 0 Å². The molecule has 2 nitrogen and oxygen atoms in total. The maximum absolute atomic E-state index is 5.83. The van der Waals surface area contributed by atoms with Crippen molar-refractivity contribution in [3.63, 3.8) is 0 Å². The number of piperidine rings is 1. The molecule has 0 N–H and O–H groups in total. The van der Waals surface area contributed by atoms with E-state index in [0.717, 1.165) is 24.1 Å². The molecule has 1 aliphatic heterocycles. The molecular formula is C11H17ClN2S. The summed E-state index contributed by atoms with van der Waals surface area (Å²) in [6.45, 7) is 4.57. The lowest BCUT2D eigenvalue weighted by atomic mass is 9.93. The fourth-order valence-electron chi connectivity index (χ4n) is 2.21. The number of rotatable bonds is 3. The maximum Gasteiger partial charge on any atom is 0.186 e. The normalized spacial score (nSPS) is 18.4. The van der Waals surface area contributed by atoms with Gasteiger partial charge in [0, 0.05) is 18.5 Å². The van der Waals surface area contributed by atoms with Gasteiger partial charge in [0.15, 0.2) is 5.13 Å². The Hall–Kier alpha value is -0.280. The van der Waals surface area contributed by atoms with Gasteiger partial charge in [-0.2, -0.15) is 0 Å². The minimum absolute atomic E-state index is 0.630. The number of anilines is 1. The van der Waals surface area contributed by atoms with Crippen molar-refractivity contribution in [3.05, 3.63) is 10.5 Å². The zero-order valence-corrected chi connectivity index (χ0v) is 10.7. The van der Waals surface area contributed by atoms with E-state index >= 15 is 0 Å². The first-order chi connectivity index (χ1) is 7.29. The molecule has 2 rings (SSSR count). The van der Waals surface area contributed by atoms with Crippen LogP contribution in [0.3, 0.4) is 0 Å². The van der Waals surface area contributed by atoms with Crippen LogP contribution in [0.1, 0.15) is 32.6 Å². The summed E-state index contributed by atoms with van der Waals surface area (Å²) in [5, 5.41) is 3.63. The van der Waals surface area contributed by atoms with Crippen LogP contribution in [0.2, 0.25) is 5.15 Å². The highest BCUT2D eigenvalue weighted by Gasteiger charge is 2.20. The van der Waals surface area contributed by atoms with Gasteiger partial charge in [-0.1, -0.05) is 31.4 Å². The smallest absolute Gasteiger partial charge is 0.186 e. The van der Waals surface area contributed by atoms with E-state index in [2.05, 4.69) is 16.8 Å². The molecule has 0 aromatic carbocycles. The molecule has 0 aliphatic carbocycles. The van der Waals surface area contributed by atoms with Crippen LogP contribution in [0.15, 0.2) is 5.38 Å². The Morgan fingerprint density at radius 1 is 1.53 bits per heavy atom. The molecule has 1 aliphatic rings. The molecule has 0 spiro atoms. The van der Waals surface area contributed by atoms with Gasteiger partial charge < -0.3 is 4.90 Å². The van der Waals surface area contributed by atoms with Gasteiger partial charge in [-0.25, -0.2) is 4.98 Å². The van der Waals surface area contributed by atoms with Crippen LogP contribution in [0.4, 0.5) is 5.13 Å². The molecule has 2 heterocycles. The largest absolute Gasteiger partial charge is 0.348 e. The average Bonchev–Trinajstić information content (AvgIpc) is 2.67. The second-order valence-electron chi connectivity index (χ2n) is 4.17. The van der Waals surface area contributed by atoms with Crippen LogP contribution in [0.5, 0.6) is 0 Å². The fraction of sp³-hybridized carbons (Fsp3) is 0.727. The molecule has 0 atom stereocenters. The first-order valence-corrected chi connectivity index (χ1v) is 6.91. The van der Waals surface area contributed by atoms with Crippen LogP contribution in [0, 0.1) is 5.92 Å². The van der Waals surface area contributed by atoms with Gasteiger partial charge in [-0.15, -0.1) is 11.3 Å². The summed E-state index contributed by atoms with van der Waals surface area (Å²) in [7, 11) is 0. The molecule has 1 saturated heterocycles. The van der Waals surface area contributed by atoms with Gasteiger partial charge in [0.05, 0.1) is 0 Å². The zero-order chi connectivity index (χ0) is 10.7. The SMILES string of the molecule is CCCC1CCN(c2nc(Cl)cs2)CC1. The third-order valence-corrected chi connectivity index (χ3v) is 4.27. The van der Waals surface area contributed by atoms with Crippen molar-refractivity contribution in [2.24, 2.45) is 5.92 Å². The Morgan fingerprint density at radius 2 is 2.27 bits per heavy atom. The maximum atomic E-state index is 5.83. The summed E-state index contributed by atoms with van der Waals surface area (Å²) in [6, 6.07) is 0. The molecule has 0 bridgehead atoms. The lowest BCUT2D eigenvalue weighted by molar-refractivity contribution is 0.378. The van der Waals surface area contributed by atoms with Crippen molar-refractivity contribution >= 4 is 28.1 Å². The van der Waals surface area contributed by atoms with Crippen LogP contribution in [-0.2, 0) is 0 Å². The molecule has 0 saturated carbocycles. The van der Waals surface area contributed by atoms with Crippen LogP contribution < -0.4 is 4.90 Å². The van der Waals surface area contributed by atoms with E-state index < -0.39 is 0 Å². The Labute approximate surface area is 100 Å². The average molecular weight is 245 g/mol. The number of aromatic nitrogens is 1. The molecule has 1 aromatic rings. The molecular weight excluding hydrogens is 228 g/mol. The van der Waals surface area contributed by atoms with E-state index in [1.54, 1.807) is 11.3 Å². The highest BCUT2D eigenvalue weighted by Crippen LogP contribution is 2.29. The third kappa shape index (κ3) is 2.85. The van der Waals surface area contributed by atoms with Crippen molar-refractivity contribution < 1.29 is 0 Å². The first-order valence-electron chi connectivity index (χ1n) is 5.65. The molecule has 84 valence electrons. The molecule has 0 unspecified atom stereocenters. The van der Waals surface area contributed by atoms with Gasteiger partial charge in [0.1, 0.15) is 5.15 Å². The number of hydrogen-bond acceptors (Lipinski definition) is 3. The first kappa shape index (κ1) is 11.2. The topological polar surface area (TPSA) is 16.1 Å². The van der Waals surface area contributed by atoms with Crippen molar-refractivity contribution in [1.82, 2.24) is 4.98 Å². The molecule has 0 radical (unpaired) electrons. The van der Waals surface area contributed by atoms with E-state index in [-0.39, 0.29) is 0 Å². The van der Waals surface area contributed by atoms with E-state index in [4.69, 9.17) is 11.6 Å². The number of thiazole rings is 1. The second-order valence-corrected chi connectivity index (χ2v) is 5.40. The lowest BCUT2D eigenvalue weighted by Gasteiger charge is -2.31. The Balaban J connectivity index is 1.88. The number of nitrogens with zero attached hydrogens (tertiary/aromatic N) is 2. The minimum atomic E-state index is 0.630. The number of hydrogen-bond donors (Lipinski definition) is 0. The van der Waals surface area contributed by atoms with Crippen molar-refractivity contribution in [2.75, 3.05) is 18.0 Å². The van der Waals surface area contributed by atoms with E-state index in [1.807, 2.05) is 5.38 Å². The standard InChI is InChI=1S/C11H17ClN2S/c1-2-3-9-4-6-14(7-5-9)11-13-10(12)8-15-11/h8-9H,2-7H2,1H3. The second kappa shape index (κ2) is 5.17. The van der Waals surface area contributed by atoms with E-state index in [9.17, 15) is 0 Å². The highest BCUT2D eigenvalue weighted by molar-refractivity contribution is 7.14. The predicted molar refractivity (Wildman–Crippen MR) is 67.0 cm³/mol. The van der Waals surface area contributed by atoms with Gasteiger partial charge in [0.2, 0.25) is 0 Å². The highest BCUT2D eigenvalue weighted by atomic mass is 35.5. The van der Waals surface area contributed by atoms with Crippen molar-refractivity contribution in [1.29, 1.82) is 0 Å². The Bertz CT molecular complexity index is 305. The summed E-state index contributed by atoms with van der Waals surface area (Å²) in [4.78, 5) is 6.68. The number of halogens is 1. The summed E-state index contributed by atoms with van der Waals surface area (Å²) in [6.07, 6.45) is 5.32. The van der Waals surface area contributed by atoms with Gasteiger partial charge in [-0.05, 0) is 18.8 Å². The molecule has 0 amide bonds. The molecule has 1 fully saturated rings. The van der Waals surface area contributed by atoms with Crippen LogP contribution >= 0.6 is 22.9 Å². The van der Waals surface area contributed by atoms with Gasteiger partial charge in [0.25, 0.3) is 0 Å². The fourth-order valence-corrected chi connectivity index (χ4v) is 3.21. The quantitative estimate of drug-likeness (QED) is 0.804. The Morgan fingerprint density at radius 3 is 2.80 bits per heavy atom. The molecule has 15 heavy (non-hydrogen) atoms. The summed E-state index contributed by atoms with van der Waals surface area (Å²) < 4.78 is 0.